The highest BCUT2D eigenvalue weighted by molar-refractivity contribution is 5.45. The fourth-order valence-electron chi connectivity index (χ4n) is 1.87. The number of benzene rings is 1. The molecule has 0 fully saturated rings. The zero-order valence-corrected chi connectivity index (χ0v) is 10.1. The molecule has 1 aromatic carbocycles. The van der Waals surface area contributed by atoms with Crippen molar-refractivity contribution in [2.24, 2.45) is 5.84 Å². The first-order chi connectivity index (χ1) is 9.11. The van der Waals surface area contributed by atoms with Crippen molar-refractivity contribution >= 4 is 5.69 Å². The quantitative estimate of drug-likeness (QED) is 0.580. The van der Waals surface area contributed by atoms with Gasteiger partial charge in [0.1, 0.15) is 11.6 Å². The summed E-state index contributed by atoms with van der Waals surface area (Å²) in [6.07, 6.45) is 3.53. The standard InChI is InChI=1S/C13H14F2N4/c14-9-1-2-10(11(15)6-9)13(19-17)5-8-7-18-4-3-12(8)16/h1-4,6-7,13,19H,5,17H2,(H2,16,18). The minimum Gasteiger partial charge on any atom is -0.398 e. The molecule has 0 spiro atoms. The van der Waals surface area contributed by atoms with E-state index in [0.29, 0.717) is 12.1 Å². The second-order valence-electron chi connectivity index (χ2n) is 4.16. The van der Waals surface area contributed by atoms with Crippen LogP contribution >= 0.6 is 0 Å². The molecule has 0 radical (unpaired) electrons. The third-order valence-electron chi connectivity index (χ3n) is 2.90. The molecule has 5 N–H and O–H groups in total. The number of hydrogen-bond donors (Lipinski definition) is 3. The summed E-state index contributed by atoms with van der Waals surface area (Å²) in [5.74, 6) is 4.16. The van der Waals surface area contributed by atoms with Crippen LogP contribution in [0.1, 0.15) is 17.2 Å². The van der Waals surface area contributed by atoms with Crippen LogP contribution in [0.3, 0.4) is 0 Å². The van der Waals surface area contributed by atoms with Crippen molar-refractivity contribution < 1.29 is 8.78 Å². The van der Waals surface area contributed by atoms with Gasteiger partial charge in [-0.1, -0.05) is 6.07 Å². The van der Waals surface area contributed by atoms with E-state index in [1.54, 1.807) is 18.5 Å². The summed E-state index contributed by atoms with van der Waals surface area (Å²) in [6.45, 7) is 0. The third kappa shape index (κ3) is 3.04. The average Bonchev–Trinajstić information content (AvgIpc) is 2.39. The summed E-state index contributed by atoms with van der Waals surface area (Å²) in [5.41, 5.74) is 9.89. The third-order valence-corrected chi connectivity index (χ3v) is 2.90. The van der Waals surface area contributed by atoms with E-state index in [2.05, 4.69) is 10.4 Å². The van der Waals surface area contributed by atoms with E-state index in [0.717, 1.165) is 11.6 Å². The second kappa shape index (κ2) is 5.73. The van der Waals surface area contributed by atoms with Crippen molar-refractivity contribution in [3.8, 4) is 0 Å². The SMILES string of the molecule is NNC(Cc1cnccc1N)c1ccc(F)cc1F. The maximum atomic E-state index is 13.7. The fourth-order valence-corrected chi connectivity index (χ4v) is 1.87. The lowest BCUT2D eigenvalue weighted by Crippen LogP contribution is -2.30. The van der Waals surface area contributed by atoms with Gasteiger partial charge in [-0.25, -0.2) is 8.78 Å². The molecule has 0 bridgehead atoms. The number of nitrogen functional groups attached to an aromatic ring is 1. The first-order valence-electron chi connectivity index (χ1n) is 5.71. The van der Waals surface area contributed by atoms with Crippen LogP contribution in [0.4, 0.5) is 14.5 Å². The van der Waals surface area contributed by atoms with Gasteiger partial charge in [0.2, 0.25) is 0 Å². The predicted molar refractivity (Wildman–Crippen MR) is 68.8 cm³/mol. The molecule has 19 heavy (non-hydrogen) atoms. The number of nitrogens with zero attached hydrogens (tertiary/aromatic N) is 1. The Bertz CT molecular complexity index is 574. The molecule has 1 aromatic heterocycles. The molecule has 0 aliphatic heterocycles. The number of aromatic nitrogens is 1. The van der Waals surface area contributed by atoms with Crippen molar-refractivity contribution in [2.75, 3.05) is 5.73 Å². The van der Waals surface area contributed by atoms with Crippen molar-refractivity contribution in [1.82, 2.24) is 10.4 Å². The Balaban J connectivity index is 2.28. The molecule has 1 atom stereocenters. The molecule has 1 unspecified atom stereocenters. The Labute approximate surface area is 109 Å². The molecular weight excluding hydrogens is 250 g/mol. The van der Waals surface area contributed by atoms with Crippen molar-refractivity contribution in [1.29, 1.82) is 0 Å². The number of halogens is 2. The highest BCUT2D eigenvalue weighted by Crippen LogP contribution is 2.23. The molecule has 6 heteroatoms. The van der Waals surface area contributed by atoms with Gasteiger partial charge in [0.05, 0.1) is 6.04 Å². The number of rotatable bonds is 4. The summed E-state index contributed by atoms with van der Waals surface area (Å²) in [7, 11) is 0. The lowest BCUT2D eigenvalue weighted by atomic mass is 9.99. The van der Waals surface area contributed by atoms with Gasteiger partial charge in [-0.3, -0.25) is 16.3 Å². The monoisotopic (exact) mass is 264 g/mol. The molecule has 0 amide bonds. The van der Waals surface area contributed by atoms with E-state index in [1.807, 2.05) is 0 Å². The van der Waals surface area contributed by atoms with Gasteiger partial charge < -0.3 is 5.73 Å². The Morgan fingerprint density at radius 2 is 2.05 bits per heavy atom. The van der Waals surface area contributed by atoms with Crippen LogP contribution in [0.25, 0.3) is 0 Å². The molecule has 100 valence electrons. The summed E-state index contributed by atoms with van der Waals surface area (Å²) >= 11 is 0. The number of anilines is 1. The number of hydrogen-bond acceptors (Lipinski definition) is 4. The van der Waals surface area contributed by atoms with Crippen LogP contribution in [-0.4, -0.2) is 4.98 Å². The number of hydrazine groups is 1. The van der Waals surface area contributed by atoms with Gasteiger partial charge in [-0.05, 0) is 24.1 Å². The fraction of sp³-hybridized carbons (Fsp3) is 0.154. The molecule has 2 rings (SSSR count). The minimum atomic E-state index is -0.648. The largest absolute Gasteiger partial charge is 0.398 e. The molecular formula is C13H14F2N4. The molecule has 1 heterocycles. The molecule has 2 aromatic rings. The van der Waals surface area contributed by atoms with Gasteiger partial charge >= 0.3 is 0 Å². The van der Waals surface area contributed by atoms with E-state index in [9.17, 15) is 8.78 Å². The van der Waals surface area contributed by atoms with Crippen molar-refractivity contribution in [2.45, 2.75) is 12.5 Å². The van der Waals surface area contributed by atoms with Gasteiger partial charge in [0, 0.05) is 29.7 Å². The zero-order valence-electron chi connectivity index (χ0n) is 10.1. The molecule has 0 saturated carbocycles. The van der Waals surface area contributed by atoms with E-state index >= 15 is 0 Å². The van der Waals surface area contributed by atoms with Crippen LogP contribution in [0.5, 0.6) is 0 Å². The summed E-state index contributed by atoms with van der Waals surface area (Å²) in [4.78, 5) is 3.96. The van der Waals surface area contributed by atoms with E-state index in [1.165, 1.54) is 12.1 Å². The van der Waals surface area contributed by atoms with E-state index in [4.69, 9.17) is 11.6 Å². The van der Waals surface area contributed by atoms with Crippen LogP contribution in [0, 0.1) is 11.6 Å². The molecule has 0 aliphatic carbocycles. The Morgan fingerprint density at radius 1 is 1.26 bits per heavy atom. The van der Waals surface area contributed by atoms with E-state index in [-0.39, 0.29) is 5.56 Å². The van der Waals surface area contributed by atoms with Crippen LogP contribution < -0.4 is 17.0 Å². The second-order valence-corrected chi connectivity index (χ2v) is 4.16. The maximum Gasteiger partial charge on any atom is 0.130 e. The van der Waals surface area contributed by atoms with Crippen LogP contribution in [0.2, 0.25) is 0 Å². The maximum absolute atomic E-state index is 13.7. The number of nitrogens with two attached hydrogens (primary N) is 2. The van der Waals surface area contributed by atoms with Gasteiger partial charge in [-0.2, -0.15) is 0 Å². The molecule has 4 nitrogen and oxygen atoms in total. The summed E-state index contributed by atoms with van der Waals surface area (Å²) < 4.78 is 26.6. The first-order valence-corrected chi connectivity index (χ1v) is 5.71. The van der Waals surface area contributed by atoms with Crippen LogP contribution in [0.15, 0.2) is 36.7 Å². The summed E-state index contributed by atoms with van der Waals surface area (Å²) in [6, 6.07) is 4.53. The first kappa shape index (κ1) is 13.4. The minimum absolute atomic E-state index is 0.284. The average molecular weight is 264 g/mol. The van der Waals surface area contributed by atoms with Crippen LogP contribution in [-0.2, 0) is 6.42 Å². The Morgan fingerprint density at radius 3 is 2.68 bits per heavy atom. The number of pyridine rings is 1. The van der Waals surface area contributed by atoms with Gasteiger partial charge in [0.15, 0.2) is 0 Å². The van der Waals surface area contributed by atoms with Crippen molar-refractivity contribution in [3.63, 3.8) is 0 Å². The lowest BCUT2D eigenvalue weighted by molar-refractivity contribution is 0.502. The lowest BCUT2D eigenvalue weighted by Gasteiger charge is -2.17. The zero-order chi connectivity index (χ0) is 13.8. The normalized spacial score (nSPS) is 12.4. The van der Waals surface area contributed by atoms with E-state index < -0.39 is 17.7 Å². The van der Waals surface area contributed by atoms with Crippen molar-refractivity contribution in [3.05, 3.63) is 59.4 Å². The summed E-state index contributed by atoms with van der Waals surface area (Å²) in [5, 5.41) is 0. The highest BCUT2D eigenvalue weighted by atomic mass is 19.1. The molecule has 0 saturated heterocycles. The van der Waals surface area contributed by atoms with Gasteiger partial charge in [0.25, 0.3) is 0 Å². The number of nitrogens with one attached hydrogen (secondary N) is 1. The topological polar surface area (TPSA) is 77.0 Å². The smallest absolute Gasteiger partial charge is 0.130 e. The van der Waals surface area contributed by atoms with Gasteiger partial charge in [-0.15, -0.1) is 0 Å². The Kier molecular flexibility index (Phi) is 4.03. The Hall–Kier alpha value is -2.05. The molecule has 0 aliphatic rings. The highest BCUT2D eigenvalue weighted by Gasteiger charge is 2.16. The predicted octanol–water partition coefficient (Wildman–Crippen LogP) is 1.69.